The number of hydrogen-bond acceptors (Lipinski definition) is 2. The molecule has 8 aromatic carbocycles. The summed E-state index contributed by atoms with van der Waals surface area (Å²) < 4.78 is 6.49. The molecule has 0 atom stereocenters. The largest absolute Gasteiger partial charge is 0.435 e. The minimum Gasteiger partial charge on any atom is -0.435 e. The van der Waals surface area contributed by atoms with E-state index in [0.717, 1.165) is 27.4 Å². The van der Waals surface area contributed by atoms with Gasteiger partial charge in [0.1, 0.15) is 5.52 Å². The quantitative estimate of drug-likeness (QED) is 0.211. The van der Waals surface area contributed by atoms with Crippen LogP contribution in [0, 0.1) is 0 Å². The molecule has 0 bridgehead atoms. The highest BCUT2D eigenvalue weighted by Gasteiger charge is 2.15. The van der Waals surface area contributed by atoms with E-state index in [9.17, 15) is 0 Å². The first-order valence-electron chi connectivity index (χ1n) is 14.0. The van der Waals surface area contributed by atoms with Crippen molar-refractivity contribution in [2.24, 2.45) is 0 Å². The van der Waals surface area contributed by atoms with E-state index in [2.05, 4.69) is 109 Å². The molecule has 0 aliphatic rings. The Bertz CT molecular complexity index is 2470. The first-order valence-corrected chi connectivity index (χ1v) is 14.0. The van der Waals surface area contributed by atoms with Gasteiger partial charge in [-0.05, 0) is 89.9 Å². The molecule has 0 amide bonds. The van der Waals surface area contributed by atoms with Gasteiger partial charge < -0.3 is 4.42 Å². The number of oxazole rings is 1. The third kappa shape index (κ3) is 3.34. The van der Waals surface area contributed by atoms with Crippen LogP contribution in [0.5, 0.6) is 0 Å². The summed E-state index contributed by atoms with van der Waals surface area (Å²) in [5.74, 6) is 0.647. The predicted octanol–water partition coefficient (Wildman–Crippen LogP) is 10.9. The van der Waals surface area contributed by atoms with Crippen molar-refractivity contribution in [3.05, 3.63) is 140 Å². The third-order valence-electron chi connectivity index (χ3n) is 8.45. The molecule has 0 saturated heterocycles. The third-order valence-corrected chi connectivity index (χ3v) is 8.45. The van der Waals surface area contributed by atoms with Crippen LogP contribution in [0.2, 0.25) is 0 Å². The maximum Gasteiger partial charge on any atom is 0.227 e. The van der Waals surface area contributed by atoms with Gasteiger partial charge in [0, 0.05) is 10.9 Å². The zero-order chi connectivity index (χ0) is 26.9. The molecule has 0 saturated carbocycles. The summed E-state index contributed by atoms with van der Waals surface area (Å²) in [5, 5.41) is 12.2. The fraction of sp³-hybridized carbons (Fsp3) is 0. The molecule has 9 rings (SSSR count). The Labute approximate surface area is 236 Å². The van der Waals surface area contributed by atoms with E-state index in [0.29, 0.717) is 5.89 Å². The van der Waals surface area contributed by atoms with Crippen LogP contribution >= 0.6 is 0 Å². The lowest BCUT2D eigenvalue weighted by Gasteiger charge is -2.14. The van der Waals surface area contributed by atoms with Gasteiger partial charge in [0.05, 0.1) is 0 Å². The van der Waals surface area contributed by atoms with Crippen LogP contribution in [0.15, 0.2) is 144 Å². The van der Waals surface area contributed by atoms with Crippen LogP contribution in [0.3, 0.4) is 0 Å². The molecule has 1 aromatic heterocycles. The lowest BCUT2D eigenvalue weighted by Crippen LogP contribution is -1.87. The van der Waals surface area contributed by atoms with Crippen molar-refractivity contribution in [1.82, 2.24) is 4.98 Å². The maximum absolute atomic E-state index is 6.49. The SMILES string of the molecule is c1ccc(-c2nc3ccc4ccc5ccc(-c6cc7c8ccccc8ccc7c7ccccc67)cc5c4c3o2)cc1. The molecule has 1 heterocycles. The van der Waals surface area contributed by atoms with Crippen LogP contribution in [-0.4, -0.2) is 4.98 Å². The highest BCUT2D eigenvalue weighted by Crippen LogP contribution is 2.41. The minimum absolute atomic E-state index is 0.647. The second kappa shape index (κ2) is 8.51. The molecule has 0 unspecified atom stereocenters. The van der Waals surface area contributed by atoms with E-state index < -0.39 is 0 Å². The summed E-state index contributed by atoms with van der Waals surface area (Å²) in [4.78, 5) is 4.86. The summed E-state index contributed by atoms with van der Waals surface area (Å²) in [6, 6.07) is 49.8. The van der Waals surface area contributed by atoms with Gasteiger partial charge in [0.2, 0.25) is 5.89 Å². The van der Waals surface area contributed by atoms with Crippen molar-refractivity contribution < 1.29 is 4.42 Å². The summed E-state index contributed by atoms with van der Waals surface area (Å²) >= 11 is 0. The molecular formula is C39H23NO. The highest BCUT2D eigenvalue weighted by molar-refractivity contribution is 6.22. The summed E-state index contributed by atoms with van der Waals surface area (Å²) in [6.45, 7) is 0. The van der Waals surface area contributed by atoms with Crippen LogP contribution < -0.4 is 0 Å². The van der Waals surface area contributed by atoms with Gasteiger partial charge in [0.25, 0.3) is 0 Å². The number of fused-ring (bicyclic) bond motifs is 10. The van der Waals surface area contributed by atoms with Gasteiger partial charge in [-0.25, -0.2) is 4.98 Å². The van der Waals surface area contributed by atoms with Gasteiger partial charge in [-0.3, -0.25) is 0 Å². The molecule has 41 heavy (non-hydrogen) atoms. The van der Waals surface area contributed by atoms with Gasteiger partial charge in [-0.2, -0.15) is 0 Å². The number of benzene rings is 8. The zero-order valence-corrected chi connectivity index (χ0v) is 22.1. The first-order chi connectivity index (χ1) is 20.3. The van der Waals surface area contributed by atoms with Crippen molar-refractivity contribution in [1.29, 1.82) is 0 Å². The molecule has 0 aliphatic heterocycles. The van der Waals surface area contributed by atoms with Crippen LogP contribution in [0.4, 0.5) is 0 Å². The average Bonchev–Trinajstić information content (AvgIpc) is 3.49. The Morgan fingerprint density at radius 3 is 1.98 bits per heavy atom. The normalized spacial score (nSPS) is 11.9. The Hall–Kier alpha value is -5.47. The molecule has 9 aromatic rings. The predicted molar refractivity (Wildman–Crippen MR) is 172 cm³/mol. The summed E-state index contributed by atoms with van der Waals surface area (Å²) in [5.41, 5.74) is 5.11. The smallest absolute Gasteiger partial charge is 0.227 e. The van der Waals surface area contributed by atoms with Crippen LogP contribution in [-0.2, 0) is 0 Å². The van der Waals surface area contributed by atoms with Gasteiger partial charge in [-0.15, -0.1) is 0 Å². The minimum atomic E-state index is 0.647. The number of nitrogens with zero attached hydrogens (tertiary/aromatic N) is 1. The molecule has 2 heteroatoms. The molecule has 2 nitrogen and oxygen atoms in total. The fourth-order valence-corrected chi connectivity index (χ4v) is 6.49. The van der Waals surface area contributed by atoms with E-state index in [-0.39, 0.29) is 0 Å². The second-order valence-corrected chi connectivity index (χ2v) is 10.7. The van der Waals surface area contributed by atoms with Gasteiger partial charge in [0.15, 0.2) is 5.58 Å². The number of hydrogen-bond donors (Lipinski definition) is 0. The Morgan fingerprint density at radius 2 is 1.07 bits per heavy atom. The van der Waals surface area contributed by atoms with E-state index in [1.807, 2.05) is 30.3 Å². The van der Waals surface area contributed by atoms with Crippen molar-refractivity contribution in [2.45, 2.75) is 0 Å². The summed E-state index contributed by atoms with van der Waals surface area (Å²) in [7, 11) is 0. The standard InChI is InChI=1S/C39H23NO/c1-2-9-27(10-3-1)39-40-36-21-19-26-16-14-25-15-17-28(22-34(25)37(26)38(36)41-39)33-23-35-29-11-5-4-8-24(29)18-20-32(35)30-12-6-7-13-31(30)33/h1-23H. The van der Waals surface area contributed by atoms with Crippen molar-refractivity contribution in [3.63, 3.8) is 0 Å². The van der Waals surface area contributed by atoms with Gasteiger partial charge in [-0.1, -0.05) is 109 Å². The van der Waals surface area contributed by atoms with Crippen molar-refractivity contribution >= 4 is 65.0 Å². The van der Waals surface area contributed by atoms with E-state index in [1.54, 1.807) is 0 Å². The Morgan fingerprint density at radius 1 is 0.415 bits per heavy atom. The average molecular weight is 522 g/mol. The Balaban J connectivity index is 1.36. The van der Waals surface area contributed by atoms with E-state index in [1.165, 1.54) is 54.2 Å². The van der Waals surface area contributed by atoms with Crippen molar-refractivity contribution in [3.8, 4) is 22.6 Å². The molecule has 0 fully saturated rings. The molecule has 190 valence electrons. The molecule has 0 radical (unpaired) electrons. The first kappa shape index (κ1) is 22.4. The Kier molecular flexibility index (Phi) is 4.64. The molecule has 0 aliphatic carbocycles. The van der Waals surface area contributed by atoms with Crippen molar-refractivity contribution in [2.75, 3.05) is 0 Å². The lowest BCUT2D eigenvalue weighted by molar-refractivity contribution is 0.623. The monoisotopic (exact) mass is 521 g/mol. The fourth-order valence-electron chi connectivity index (χ4n) is 6.49. The molecule has 0 spiro atoms. The highest BCUT2D eigenvalue weighted by atomic mass is 16.3. The molecular weight excluding hydrogens is 498 g/mol. The second-order valence-electron chi connectivity index (χ2n) is 10.7. The maximum atomic E-state index is 6.49. The van der Waals surface area contributed by atoms with Gasteiger partial charge >= 0.3 is 0 Å². The number of rotatable bonds is 2. The van der Waals surface area contributed by atoms with Crippen LogP contribution in [0.1, 0.15) is 0 Å². The zero-order valence-electron chi connectivity index (χ0n) is 22.1. The van der Waals surface area contributed by atoms with Crippen LogP contribution in [0.25, 0.3) is 87.5 Å². The number of aromatic nitrogens is 1. The topological polar surface area (TPSA) is 26.0 Å². The van der Waals surface area contributed by atoms with E-state index in [4.69, 9.17) is 9.40 Å². The van der Waals surface area contributed by atoms with E-state index >= 15 is 0 Å². The summed E-state index contributed by atoms with van der Waals surface area (Å²) in [6.07, 6.45) is 0. The lowest BCUT2D eigenvalue weighted by atomic mass is 9.89. The molecule has 0 N–H and O–H groups in total.